The van der Waals surface area contributed by atoms with Crippen molar-refractivity contribution in [2.45, 2.75) is 26.7 Å². The molecule has 0 aliphatic rings. The van der Waals surface area contributed by atoms with Gasteiger partial charge in [0, 0.05) is 69.7 Å². The molecule has 0 saturated carbocycles. The fraction of sp³-hybridized carbons (Fsp3) is 0.0656. The van der Waals surface area contributed by atoms with Gasteiger partial charge in [-0.1, -0.05) is 141 Å². The summed E-state index contributed by atoms with van der Waals surface area (Å²) in [6, 6.07) is 72.2. The topological polar surface area (TPSA) is 48.5 Å². The molecule has 0 spiro atoms. The van der Waals surface area contributed by atoms with Crippen LogP contribution in [-0.4, -0.2) is 24.1 Å². The molecule has 0 atom stereocenters. The molecule has 5 heterocycles. The summed E-state index contributed by atoms with van der Waals surface area (Å²) in [4.78, 5) is 16.0. The van der Waals surface area contributed by atoms with Crippen molar-refractivity contribution >= 4 is 75.1 Å². The van der Waals surface area contributed by atoms with E-state index in [1.54, 1.807) is 0 Å². The number of benzene rings is 8. The number of thiophene rings is 1. The Labute approximate surface area is 391 Å². The van der Waals surface area contributed by atoms with Crippen LogP contribution in [0.5, 0.6) is 0 Å². The van der Waals surface area contributed by atoms with E-state index in [4.69, 9.17) is 15.0 Å². The normalized spacial score (nSPS) is 11.9. The number of fused-ring (bicyclic) bond motifs is 10. The molecule has 13 rings (SSSR count). The summed E-state index contributed by atoms with van der Waals surface area (Å²) in [5.41, 5.74) is 15.0. The second kappa shape index (κ2) is 15.8. The Morgan fingerprint density at radius 2 is 0.970 bits per heavy atom. The average molecular weight is 878 g/mol. The molecule has 318 valence electrons. The first-order chi connectivity index (χ1) is 33.1. The Kier molecular flexibility index (Phi) is 9.22. The van der Waals surface area contributed by atoms with Crippen molar-refractivity contribution in [3.63, 3.8) is 0 Å². The zero-order valence-electron chi connectivity index (χ0n) is 37.1. The standard InChI is InChI=1S/C61H43N5S/c1-3-38-25-30-54-48(33-38)46-28-29-47-49-34-39(4-2)26-31-55(49)66(58-24-14-22-51(62-58)42-27-32-57-50(36-42)45-21-11-12-23-56(45)67-57)60(47)59(46)65(54)44-20-13-19-43(35-44)61-63-52(40-15-7-5-8-16-40)37-53(64-61)41-17-9-6-10-18-41/h5-37H,3-4H2,1-2H3. The zero-order valence-corrected chi connectivity index (χ0v) is 37.9. The van der Waals surface area contributed by atoms with Gasteiger partial charge in [0.25, 0.3) is 0 Å². The molecule has 67 heavy (non-hydrogen) atoms. The quantitative estimate of drug-likeness (QED) is 0.153. The minimum Gasteiger partial charge on any atom is -0.307 e. The minimum atomic E-state index is 0.678. The highest BCUT2D eigenvalue weighted by atomic mass is 32.1. The third-order valence-corrected chi connectivity index (χ3v) is 14.6. The van der Waals surface area contributed by atoms with Crippen molar-refractivity contribution in [3.05, 3.63) is 211 Å². The van der Waals surface area contributed by atoms with Crippen LogP contribution in [0.1, 0.15) is 25.0 Å². The summed E-state index contributed by atoms with van der Waals surface area (Å²) < 4.78 is 7.46. The Bertz CT molecular complexity index is 4010. The summed E-state index contributed by atoms with van der Waals surface area (Å²) in [5.74, 6) is 1.56. The summed E-state index contributed by atoms with van der Waals surface area (Å²) in [6.07, 6.45) is 1.90. The van der Waals surface area contributed by atoms with Crippen LogP contribution in [0.3, 0.4) is 0 Å². The number of rotatable bonds is 8. The van der Waals surface area contributed by atoms with Crippen LogP contribution >= 0.6 is 11.3 Å². The Morgan fingerprint density at radius 1 is 0.373 bits per heavy atom. The number of nitrogens with zero attached hydrogens (tertiary/aromatic N) is 5. The first-order valence-electron chi connectivity index (χ1n) is 23.1. The van der Waals surface area contributed by atoms with Crippen LogP contribution < -0.4 is 0 Å². The summed E-state index contributed by atoms with van der Waals surface area (Å²) in [5, 5.41) is 7.38. The van der Waals surface area contributed by atoms with Crippen molar-refractivity contribution in [3.8, 4) is 56.7 Å². The third kappa shape index (κ3) is 6.47. The molecule has 13 aromatic rings. The van der Waals surface area contributed by atoms with Crippen molar-refractivity contribution in [1.29, 1.82) is 0 Å². The molecule has 0 fully saturated rings. The molecule has 0 aliphatic heterocycles. The van der Waals surface area contributed by atoms with Crippen LogP contribution in [-0.2, 0) is 12.8 Å². The van der Waals surface area contributed by atoms with Gasteiger partial charge in [-0.15, -0.1) is 11.3 Å². The van der Waals surface area contributed by atoms with E-state index in [9.17, 15) is 0 Å². The summed E-state index contributed by atoms with van der Waals surface area (Å²) in [6.45, 7) is 4.46. The van der Waals surface area contributed by atoms with Crippen LogP contribution in [0.2, 0.25) is 0 Å². The monoisotopic (exact) mass is 877 g/mol. The molecule has 0 bridgehead atoms. The highest BCUT2D eigenvalue weighted by Gasteiger charge is 2.23. The fourth-order valence-corrected chi connectivity index (χ4v) is 11.2. The molecule has 8 aromatic carbocycles. The predicted molar refractivity (Wildman–Crippen MR) is 282 cm³/mol. The lowest BCUT2D eigenvalue weighted by Gasteiger charge is -2.14. The first-order valence-corrected chi connectivity index (χ1v) is 23.9. The zero-order chi connectivity index (χ0) is 44.6. The van der Waals surface area contributed by atoms with Gasteiger partial charge >= 0.3 is 0 Å². The van der Waals surface area contributed by atoms with Crippen LogP contribution in [0.15, 0.2) is 200 Å². The van der Waals surface area contributed by atoms with E-state index in [-0.39, 0.29) is 0 Å². The van der Waals surface area contributed by atoms with E-state index in [1.807, 2.05) is 23.5 Å². The van der Waals surface area contributed by atoms with Crippen LogP contribution in [0.25, 0.3) is 120 Å². The van der Waals surface area contributed by atoms with Gasteiger partial charge in [0.1, 0.15) is 5.82 Å². The SMILES string of the molecule is CCc1ccc2c(c1)c1ccc3c4cc(CC)ccc4n(-c4cccc(-c5ccc6sc7ccccc7c6c5)n4)c3c1n2-c1cccc(-c2nc(-c3ccccc3)cc(-c3ccccc3)n2)c1. The van der Waals surface area contributed by atoms with Crippen molar-refractivity contribution in [2.75, 3.05) is 0 Å². The fourth-order valence-electron chi connectivity index (χ4n) is 10.1. The molecule has 0 radical (unpaired) electrons. The highest BCUT2D eigenvalue weighted by Crippen LogP contribution is 2.43. The van der Waals surface area contributed by atoms with Gasteiger partial charge in [-0.05, 0) is 96.8 Å². The average Bonchev–Trinajstić information content (AvgIpc) is 4.06. The van der Waals surface area contributed by atoms with Gasteiger partial charge in [-0.2, -0.15) is 0 Å². The van der Waals surface area contributed by atoms with Gasteiger partial charge in [0.2, 0.25) is 0 Å². The second-order valence-electron chi connectivity index (χ2n) is 17.4. The van der Waals surface area contributed by atoms with Crippen LogP contribution in [0, 0.1) is 0 Å². The lowest BCUT2D eigenvalue weighted by molar-refractivity contribution is 1.08. The third-order valence-electron chi connectivity index (χ3n) is 13.5. The van der Waals surface area contributed by atoms with E-state index < -0.39 is 0 Å². The lowest BCUT2D eigenvalue weighted by Crippen LogP contribution is -2.02. The molecule has 5 nitrogen and oxygen atoms in total. The van der Waals surface area contributed by atoms with Crippen molar-refractivity contribution in [2.24, 2.45) is 0 Å². The molecule has 0 saturated heterocycles. The molecular weight excluding hydrogens is 835 g/mol. The van der Waals surface area contributed by atoms with E-state index >= 15 is 0 Å². The smallest absolute Gasteiger partial charge is 0.160 e. The van der Waals surface area contributed by atoms with E-state index in [2.05, 4.69) is 211 Å². The maximum Gasteiger partial charge on any atom is 0.160 e. The Hall–Kier alpha value is -8.19. The maximum absolute atomic E-state index is 5.55. The lowest BCUT2D eigenvalue weighted by atomic mass is 10.0. The second-order valence-corrected chi connectivity index (χ2v) is 18.5. The molecule has 5 aromatic heterocycles. The largest absolute Gasteiger partial charge is 0.307 e. The predicted octanol–water partition coefficient (Wildman–Crippen LogP) is 16.2. The van der Waals surface area contributed by atoms with Gasteiger partial charge in [0.05, 0.1) is 39.1 Å². The maximum atomic E-state index is 5.55. The molecule has 0 aliphatic carbocycles. The molecule has 6 heteroatoms. The molecular formula is C61H43N5S. The van der Waals surface area contributed by atoms with E-state index in [1.165, 1.54) is 52.8 Å². The van der Waals surface area contributed by atoms with Gasteiger partial charge in [0.15, 0.2) is 5.82 Å². The van der Waals surface area contributed by atoms with E-state index in [0.29, 0.717) is 5.82 Å². The molecule has 0 N–H and O–H groups in total. The first kappa shape index (κ1) is 39.2. The summed E-state index contributed by atoms with van der Waals surface area (Å²) >= 11 is 1.84. The number of hydrogen-bond acceptors (Lipinski definition) is 4. The van der Waals surface area contributed by atoms with Gasteiger partial charge in [-0.3, -0.25) is 4.57 Å². The number of pyridine rings is 1. The Balaban J connectivity index is 1.07. The Morgan fingerprint density at radius 3 is 1.66 bits per heavy atom. The van der Waals surface area contributed by atoms with Crippen molar-refractivity contribution in [1.82, 2.24) is 24.1 Å². The van der Waals surface area contributed by atoms with E-state index in [0.717, 1.165) is 85.7 Å². The minimum absolute atomic E-state index is 0.678. The highest BCUT2D eigenvalue weighted by molar-refractivity contribution is 7.25. The molecule has 0 amide bonds. The number of aromatic nitrogens is 5. The van der Waals surface area contributed by atoms with Gasteiger partial charge < -0.3 is 4.57 Å². The van der Waals surface area contributed by atoms with Gasteiger partial charge in [-0.25, -0.2) is 15.0 Å². The van der Waals surface area contributed by atoms with Crippen molar-refractivity contribution < 1.29 is 0 Å². The van der Waals surface area contributed by atoms with Crippen LogP contribution in [0.4, 0.5) is 0 Å². The molecule has 0 unspecified atom stereocenters. The summed E-state index contributed by atoms with van der Waals surface area (Å²) in [7, 11) is 0. The number of aryl methyl sites for hydroxylation is 2. The number of hydrogen-bond donors (Lipinski definition) is 0.